The highest BCUT2D eigenvalue weighted by molar-refractivity contribution is 7.71. The molecule has 0 saturated carbocycles. The molecule has 1 N–H and O–H groups in total. The van der Waals surface area contributed by atoms with Gasteiger partial charge < -0.3 is 0 Å². The van der Waals surface area contributed by atoms with Crippen molar-refractivity contribution < 1.29 is 0 Å². The molecular weight excluding hydrogens is 226 g/mol. The molecule has 0 aliphatic carbocycles. The van der Waals surface area contributed by atoms with E-state index < -0.39 is 0 Å². The second kappa shape index (κ2) is 3.57. The number of aromatic nitrogens is 3. The average molecular weight is 239 g/mol. The van der Waals surface area contributed by atoms with E-state index in [9.17, 15) is 0 Å². The van der Waals surface area contributed by atoms with E-state index in [-0.39, 0.29) is 5.41 Å². The Kier molecular flexibility index (Phi) is 2.52. The molecule has 0 spiro atoms. The monoisotopic (exact) mass is 239 g/mol. The third-order valence-electron chi connectivity index (χ3n) is 2.14. The molecule has 0 aliphatic heterocycles. The van der Waals surface area contributed by atoms with Crippen molar-refractivity contribution in [1.29, 1.82) is 0 Å². The lowest BCUT2D eigenvalue weighted by molar-refractivity contribution is 0.560. The van der Waals surface area contributed by atoms with E-state index >= 15 is 0 Å². The van der Waals surface area contributed by atoms with E-state index in [2.05, 4.69) is 30.9 Å². The molecule has 3 nitrogen and oxygen atoms in total. The number of nitrogens with zero attached hydrogens (tertiary/aromatic N) is 2. The van der Waals surface area contributed by atoms with Gasteiger partial charge in [0, 0.05) is 22.7 Å². The molecule has 0 fully saturated rings. The van der Waals surface area contributed by atoms with E-state index in [1.807, 2.05) is 16.1 Å². The van der Waals surface area contributed by atoms with Crippen molar-refractivity contribution in [2.75, 3.05) is 0 Å². The fourth-order valence-corrected chi connectivity index (χ4v) is 2.17. The first kappa shape index (κ1) is 10.6. The molecule has 0 aromatic carbocycles. The van der Waals surface area contributed by atoms with Gasteiger partial charge in [0.25, 0.3) is 0 Å². The summed E-state index contributed by atoms with van der Waals surface area (Å²) in [5, 5.41) is 6.11. The van der Waals surface area contributed by atoms with E-state index in [0.717, 1.165) is 15.5 Å². The molecule has 0 radical (unpaired) electrons. The summed E-state index contributed by atoms with van der Waals surface area (Å²) in [6.07, 6.45) is 1.78. The van der Waals surface area contributed by atoms with Crippen molar-refractivity contribution in [3.63, 3.8) is 0 Å². The standard InChI is InChI=1S/C10H13N3S2/c1-10(2,3)7-6-8(14)13(12-7)9-11-4-5-15-9/h4-6,12H,1-3H3. The summed E-state index contributed by atoms with van der Waals surface area (Å²) >= 11 is 6.86. The second-order valence-corrected chi connectivity index (χ2v) is 5.70. The Balaban J connectivity index is 2.52. The molecule has 0 bridgehead atoms. The van der Waals surface area contributed by atoms with Crippen LogP contribution < -0.4 is 0 Å². The van der Waals surface area contributed by atoms with Gasteiger partial charge in [-0.2, -0.15) is 0 Å². The molecule has 0 amide bonds. The fraction of sp³-hybridized carbons (Fsp3) is 0.400. The van der Waals surface area contributed by atoms with E-state index in [4.69, 9.17) is 12.2 Å². The van der Waals surface area contributed by atoms with E-state index in [0.29, 0.717) is 0 Å². The predicted molar refractivity (Wildman–Crippen MR) is 65.3 cm³/mol. The van der Waals surface area contributed by atoms with Crippen molar-refractivity contribution >= 4 is 23.6 Å². The minimum absolute atomic E-state index is 0.0794. The fourth-order valence-electron chi connectivity index (χ4n) is 1.25. The molecule has 5 heteroatoms. The van der Waals surface area contributed by atoms with Crippen LogP contribution in [0.3, 0.4) is 0 Å². The Hall–Kier alpha value is -0.940. The van der Waals surface area contributed by atoms with Crippen LogP contribution in [0.5, 0.6) is 0 Å². The maximum atomic E-state index is 5.29. The summed E-state index contributed by atoms with van der Waals surface area (Å²) in [5.41, 5.74) is 1.21. The molecule has 2 rings (SSSR count). The van der Waals surface area contributed by atoms with Crippen molar-refractivity contribution in [3.8, 4) is 5.13 Å². The van der Waals surface area contributed by atoms with Gasteiger partial charge in [0.05, 0.1) is 0 Å². The summed E-state index contributed by atoms with van der Waals surface area (Å²) in [6.45, 7) is 6.46. The normalized spacial score (nSPS) is 11.9. The molecule has 0 unspecified atom stereocenters. The molecule has 0 aliphatic rings. The number of aromatic amines is 1. The highest BCUT2D eigenvalue weighted by atomic mass is 32.1. The van der Waals surface area contributed by atoms with Crippen molar-refractivity contribution in [1.82, 2.24) is 14.8 Å². The Labute approximate surface area is 97.8 Å². The lowest BCUT2D eigenvalue weighted by atomic mass is 9.93. The molecule has 0 atom stereocenters. The first-order valence-corrected chi connectivity index (χ1v) is 6.00. The zero-order chi connectivity index (χ0) is 11.1. The van der Waals surface area contributed by atoms with Gasteiger partial charge in [-0.05, 0) is 6.07 Å². The number of hydrogen-bond donors (Lipinski definition) is 1. The van der Waals surface area contributed by atoms with Crippen LogP contribution in [-0.4, -0.2) is 14.8 Å². The Morgan fingerprint density at radius 3 is 2.67 bits per heavy atom. The number of nitrogens with one attached hydrogen (secondary N) is 1. The zero-order valence-electron chi connectivity index (χ0n) is 8.94. The minimum atomic E-state index is 0.0794. The number of rotatable bonds is 1. The van der Waals surface area contributed by atoms with Crippen molar-refractivity contribution in [3.05, 3.63) is 28.0 Å². The molecule has 2 aromatic rings. The van der Waals surface area contributed by atoms with Gasteiger partial charge in [-0.1, -0.05) is 33.0 Å². The Morgan fingerprint density at radius 2 is 2.20 bits per heavy atom. The van der Waals surface area contributed by atoms with Crippen LogP contribution >= 0.6 is 23.6 Å². The molecule has 2 heterocycles. The van der Waals surface area contributed by atoms with Gasteiger partial charge in [0.2, 0.25) is 5.13 Å². The third kappa shape index (κ3) is 2.03. The van der Waals surface area contributed by atoms with Crippen molar-refractivity contribution in [2.24, 2.45) is 0 Å². The van der Waals surface area contributed by atoms with Crippen LogP contribution in [0.4, 0.5) is 0 Å². The van der Waals surface area contributed by atoms with Crippen LogP contribution in [0.15, 0.2) is 17.6 Å². The number of thiazole rings is 1. The summed E-state index contributed by atoms with van der Waals surface area (Å²) in [4.78, 5) is 4.23. The van der Waals surface area contributed by atoms with Crippen LogP contribution in [0, 0.1) is 4.64 Å². The lowest BCUT2D eigenvalue weighted by Gasteiger charge is -2.15. The number of H-pyrrole nitrogens is 1. The minimum Gasteiger partial charge on any atom is -0.294 e. The third-order valence-corrected chi connectivity index (χ3v) is 3.20. The molecule has 0 saturated heterocycles. The van der Waals surface area contributed by atoms with Gasteiger partial charge in [-0.3, -0.25) is 5.10 Å². The SMILES string of the molecule is CC(C)(C)c1cc(=S)n(-c2nccs2)[nH]1. The summed E-state index contributed by atoms with van der Waals surface area (Å²) in [6, 6.07) is 2.00. The first-order chi connectivity index (χ1) is 6.98. The van der Waals surface area contributed by atoms with Crippen LogP contribution in [0.2, 0.25) is 0 Å². The quantitative estimate of drug-likeness (QED) is 0.775. The number of hydrogen-bond acceptors (Lipinski definition) is 3. The van der Waals surface area contributed by atoms with Gasteiger partial charge in [0.15, 0.2) is 0 Å². The Bertz CT molecular complexity index is 500. The highest BCUT2D eigenvalue weighted by Crippen LogP contribution is 2.22. The molecular formula is C10H13N3S2. The highest BCUT2D eigenvalue weighted by Gasteiger charge is 2.17. The smallest absolute Gasteiger partial charge is 0.209 e. The van der Waals surface area contributed by atoms with Crippen LogP contribution in [0.1, 0.15) is 26.5 Å². The Morgan fingerprint density at radius 1 is 1.47 bits per heavy atom. The van der Waals surface area contributed by atoms with Gasteiger partial charge >= 0.3 is 0 Å². The average Bonchev–Trinajstić information content (AvgIpc) is 2.69. The van der Waals surface area contributed by atoms with Crippen LogP contribution in [0.25, 0.3) is 5.13 Å². The van der Waals surface area contributed by atoms with Gasteiger partial charge in [0.1, 0.15) is 4.64 Å². The molecule has 80 valence electrons. The maximum Gasteiger partial charge on any atom is 0.209 e. The van der Waals surface area contributed by atoms with Gasteiger partial charge in [-0.25, -0.2) is 9.67 Å². The van der Waals surface area contributed by atoms with Gasteiger partial charge in [-0.15, -0.1) is 11.3 Å². The summed E-state index contributed by atoms with van der Waals surface area (Å²) < 4.78 is 2.62. The van der Waals surface area contributed by atoms with E-state index in [1.165, 1.54) is 0 Å². The van der Waals surface area contributed by atoms with Crippen LogP contribution in [-0.2, 0) is 5.41 Å². The topological polar surface area (TPSA) is 33.6 Å². The van der Waals surface area contributed by atoms with E-state index in [1.54, 1.807) is 17.5 Å². The lowest BCUT2D eigenvalue weighted by Crippen LogP contribution is -2.12. The predicted octanol–water partition coefficient (Wildman–Crippen LogP) is 3.29. The molecule has 15 heavy (non-hydrogen) atoms. The second-order valence-electron chi connectivity index (χ2n) is 4.41. The first-order valence-electron chi connectivity index (χ1n) is 4.71. The summed E-state index contributed by atoms with van der Waals surface area (Å²) in [5.74, 6) is 0. The summed E-state index contributed by atoms with van der Waals surface area (Å²) in [7, 11) is 0. The largest absolute Gasteiger partial charge is 0.294 e. The zero-order valence-corrected chi connectivity index (χ0v) is 10.6. The van der Waals surface area contributed by atoms with Crippen molar-refractivity contribution in [2.45, 2.75) is 26.2 Å². The molecule has 2 aromatic heterocycles. The maximum absolute atomic E-state index is 5.29.